The number of hydrogen-bond donors (Lipinski definition) is 0. The van der Waals surface area contributed by atoms with Crippen molar-refractivity contribution in [3.8, 4) is 11.1 Å². The van der Waals surface area contributed by atoms with Crippen molar-refractivity contribution in [1.29, 1.82) is 0 Å². The maximum atomic E-state index is 13.2. The maximum Gasteiger partial charge on any atom is 0.266 e. The third-order valence-electron chi connectivity index (χ3n) is 7.17. The van der Waals surface area contributed by atoms with Gasteiger partial charge in [-0.15, -0.1) is 0 Å². The predicted molar refractivity (Wildman–Crippen MR) is 157 cm³/mol. The summed E-state index contributed by atoms with van der Waals surface area (Å²) >= 11 is 1.45. The molecule has 2 aliphatic rings. The molecular weight excluding hydrogens is 474 g/mol. The topological polar surface area (TPSA) is 35.9 Å². The van der Waals surface area contributed by atoms with E-state index < -0.39 is 0 Å². The number of aryl methyl sites for hydroxylation is 1. The third-order valence-corrected chi connectivity index (χ3v) is 8.20. The molecule has 37 heavy (non-hydrogen) atoms. The number of rotatable bonds is 5. The molecule has 0 spiro atoms. The molecule has 188 valence electrons. The monoisotopic (exact) mass is 507 g/mol. The van der Waals surface area contributed by atoms with Gasteiger partial charge in [-0.2, -0.15) is 0 Å². The Hall–Kier alpha value is -3.57. The molecule has 0 N–H and O–H groups in total. The van der Waals surface area contributed by atoms with Gasteiger partial charge in [0.05, 0.1) is 10.6 Å². The first kappa shape index (κ1) is 25.1. The van der Waals surface area contributed by atoms with Gasteiger partial charge < -0.3 is 4.90 Å². The minimum Gasteiger partial charge on any atom is -0.344 e. The van der Waals surface area contributed by atoms with Crippen molar-refractivity contribution in [1.82, 2.24) is 4.90 Å². The summed E-state index contributed by atoms with van der Waals surface area (Å²) in [5, 5.41) is 0.731. The van der Waals surface area contributed by atoms with Crippen LogP contribution in [0, 0.1) is 6.92 Å². The number of nitrogens with zero attached hydrogens (tertiary/aromatic N) is 3. The minimum absolute atomic E-state index is 0.0120. The fourth-order valence-electron chi connectivity index (χ4n) is 5.10. The number of allylic oxidation sites excluding steroid dienone is 3. The van der Waals surface area contributed by atoms with Crippen molar-refractivity contribution in [2.45, 2.75) is 40.0 Å². The first-order valence-corrected chi connectivity index (χ1v) is 13.7. The Bertz CT molecular complexity index is 1420. The average Bonchev–Trinajstić information content (AvgIpc) is 3.32. The van der Waals surface area contributed by atoms with Gasteiger partial charge in [0, 0.05) is 29.9 Å². The lowest BCUT2D eigenvalue weighted by molar-refractivity contribution is -0.122. The van der Waals surface area contributed by atoms with E-state index in [9.17, 15) is 4.79 Å². The largest absolute Gasteiger partial charge is 0.344 e. The third kappa shape index (κ3) is 4.64. The summed E-state index contributed by atoms with van der Waals surface area (Å²) in [4.78, 5) is 22.8. The molecule has 0 bridgehead atoms. The molecule has 0 saturated carbocycles. The Morgan fingerprint density at radius 2 is 1.57 bits per heavy atom. The zero-order valence-electron chi connectivity index (χ0n) is 22.2. The van der Waals surface area contributed by atoms with Crippen LogP contribution in [-0.2, 0) is 10.2 Å². The molecule has 2 heterocycles. The number of hydrogen-bond acceptors (Lipinski definition) is 4. The summed E-state index contributed by atoms with van der Waals surface area (Å²) in [7, 11) is 0. The molecule has 1 fully saturated rings. The van der Waals surface area contributed by atoms with Gasteiger partial charge in [0.25, 0.3) is 5.91 Å². The molecule has 4 nitrogen and oxygen atoms in total. The van der Waals surface area contributed by atoms with E-state index in [4.69, 9.17) is 4.99 Å². The predicted octanol–water partition coefficient (Wildman–Crippen LogP) is 7.83. The molecule has 5 rings (SSSR count). The first-order chi connectivity index (χ1) is 17.8. The van der Waals surface area contributed by atoms with E-state index in [0.29, 0.717) is 11.4 Å². The zero-order chi connectivity index (χ0) is 26.2. The van der Waals surface area contributed by atoms with Crippen molar-refractivity contribution >= 4 is 34.2 Å². The van der Waals surface area contributed by atoms with Crippen LogP contribution >= 0.6 is 11.8 Å². The lowest BCUT2D eigenvalue weighted by Gasteiger charge is -2.25. The summed E-state index contributed by atoms with van der Waals surface area (Å²) in [6, 6.07) is 25.3. The lowest BCUT2D eigenvalue weighted by atomic mass is 9.82. The molecule has 1 saturated heterocycles. The fourth-order valence-corrected chi connectivity index (χ4v) is 6.10. The molecular formula is C32H33N3OS. The average molecular weight is 508 g/mol. The minimum atomic E-state index is -0.192. The Kier molecular flexibility index (Phi) is 6.82. The van der Waals surface area contributed by atoms with Crippen LogP contribution in [0.5, 0.6) is 0 Å². The molecule has 0 unspecified atom stereocenters. The molecule has 1 amide bonds. The Morgan fingerprint density at radius 1 is 0.865 bits per heavy atom. The smallest absolute Gasteiger partial charge is 0.266 e. The van der Waals surface area contributed by atoms with E-state index in [-0.39, 0.29) is 11.3 Å². The van der Waals surface area contributed by atoms with Crippen molar-refractivity contribution in [2.75, 3.05) is 18.0 Å². The number of likely N-dealkylation sites (N-methyl/N-ethyl adjacent to an activating group) is 2. The van der Waals surface area contributed by atoms with Gasteiger partial charge in [-0.1, -0.05) is 67.9 Å². The van der Waals surface area contributed by atoms with E-state index in [2.05, 4.69) is 81.1 Å². The first-order valence-electron chi connectivity index (χ1n) is 12.9. The summed E-state index contributed by atoms with van der Waals surface area (Å²) in [5.41, 5.74) is 8.04. The van der Waals surface area contributed by atoms with Crippen molar-refractivity contribution in [3.63, 3.8) is 0 Å². The van der Waals surface area contributed by atoms with Crippen LogP contribution in [0.1, 0.15) is 38.8 Å². The SMILES string of the molecule is CCN1C(=O)/C(=C\C=C2\N(CC)c3ccc(-c4ccccc4)cc3C2(C)C)SC1=Nc1ccc(C)cc1. The number of fused-ring (bicyclic) bond motifs is 1. The highest BCUT2D eigenvalue weighted by molar-refractivity contribution is 8.18. The summed E-state index contributed by atoms with van der Waals surface area (Å²) in [6.45, 7) is 12.2. The van der Waals surface area contributed by atoms with Gasteiger partial charge in [-0.3, -0.25) is 9.69 Å². The van der Waals surface area contributed by atoms with Gasteiger partial charge in [-0.05, 0) is 85.6 Å². The van der Waals surface area contributed by atoms with Crippen LogP contribution in [-0.4, -0.2) is 29.1 Å². The van der Waals surface area contributed by atoms with E-state index in [1.165, 1.54) is 45.4 Å². The Morgan fingerprint density at radius 3 is 2.24 bits per heavy atom. The second kappa shape index (κ2) is 10.1. The van der Waals surface area contributed by atoms with Crippen LogP contribution in [0.3, 0.4) is 0 Å². The van der Waals surface area contributed by atoms with Gasteiger partial charge in [-0.25, -0.2) is 4.99 Å². The normalized spacial score (nSPS) is 19.9. The molecule has 2 aliphatic heterocycles. The van der Waals surface area contributed by atoms with Gasteiger partial charge in [0.1, 0.15) is 0 Å². The zero-order valence-corrected chi connectivity index (χ0v) is 23.0. The van der Waals surface area contributed by atoms with Crippen molar-refractivity contribution < 1.29 is 4.79 Å². The Balaban J connectivity index is 1.49. The quantitative estimate of drug-likeness (QED) is 0.330. The van der Waals surface area contributed by atoms with Crippen LogP contribution in [0.2, 0.25) is 0 Å². The van der Waals surface area contributed by atoms with E-state index in [1.54, 1.807) is 4.90 Å². The molecule has 0 aliphatic carbocycles. The number of amides is 1. The van der Waals surface area contributed by atoms with Gasteiger partial charge in [0.2, 0.25) is 0 Å². The molecule has 3 aromatic carbocycles. The number of carbonyl (C=O) groups excluding carboxylic acids is 1. The standard InChI is InChI=1S/C32H33N3OS/c1-6-34-27-18-15-24(23-11-9-8-10-12-23)21-26(27)32(4,5)29(34)20-19-28-30(36)35(7-2)31(37-28)33-25-16-13-22(3)14-17-25/h8-21H,6-7H2,1-5H3/b28-19+,29-20+,33-31?. The molecule has 3 aromatic rings. The number of carbonyl (C=O) groups is 1. The summed E-state index contributed by atoms with van der Waals surface area (Å²) in [6.07, 6.45) is 4.12. The van der Waals surface area contributed by atoms with Crippen LogP contribution in [0.15, 0.2) is 101 Å². The van der Waals surface area contributed by atoms with Crippen molar-refractivity contribution in [2.24, 2.45) is 4.99 Å². The van der Waals surface area contributed by atoms with E-state index in [0.717, 1.165) is 17.4 Å². The highest BCUT2D eigenvalue weighted by Gasteiger charge is 2.40. The van der Waals surface area contributed by atoms with Gasteiger partial charge >= 0.3 is 0 Å². The summed E-state index contributed by atoms with van der Waals surface area (Å²) < 4.78 is 0. The molecule has 5 heteroatoms. The number of thioether (sulfide) groups is 1. The second-order valence-corrected chi connectivity index (χ2v) is 10.9. The molecule has 0 atom stereocenters. The van der Waals surface area contributed by atoms with Crippen LogP contribution < -0.4 is 4.90 Å². The van der Waals surface area contributed by atoms with Crippen molar-refractivity contribution in [3.05, 3.63) is 107 Å². The fraction of sp³-hybridized carbons (Fsp3) is 0.250. The highest BCUT2D eigenvalue weighted by Crippen LogP contribution is 2.49. The number of benzene rings is 3. The number of amidine groups is 1. The molecule has 0 aromatic heterocycles. The van der Waals surface area contributed by atoms with Gasteiger partial charge in [0.15, 0.2) is 5.17 Å². The number of aliphatic imine (C=N–C) groups is 1. The summed E-state index contributed by atoms with van der Waals surface area (Å²) in [5.74, 6) is 0.0120. The Labute approximate surface area is 224 Å². The molecule has 0 radical (unpaired) electrons. The van der Waals surface area contributed by atoms with Crippen LogP contribution in [0.25, 0.3) is 11.1 Å². The number of anilines is 1. The highest BCUT2D eigenvalue weighted by atomic mass is 32.2. The van der Waals surface area contributed by atoms with E-state index >= 15 is 0 Å². The maximum absolute atomic E-state index is 13.2. The van der Waals surface area contributed by atoms with Crippen LogP contribution in [0.4, 0.5) is 11.4 Å². The van der Waals surface area contributed by atoms with E-state index in [1.807, 2.05) is 43.3 Å². The second-order valence-electron chi connectivity index (χ2n) is 9.93. The lowest BCUT2D eigenvalue weighted by Crippen LogP contribution is -2.28.